The van der Waals surface area contributed by atoms with E-state index in [4.69, 9.17) is 14.2 Å². The predicted molar refractivity (Wildman–Crippen MR) is 112 cm³/mol. The molecule has 1 atom stereocenters. The Morgan fingerprint density at radius 2 is 2.21 bits per heavy atom. The largest absolute Gasteiger partial charge is 0.493 e. The van der Waals surface area contributed by atoms with Gasteiger partial charge in [-0.1, -0.05) is 30.5 Å². The van der Waals surface area contributed by atoms with Gasteiger partial charge in [-0.3, -0.25) is 9.69 Å². The number of amides is 1. The van der Waals surface area contributed by atoms with Crippen LogP contribution in [0.5, 0.6) is 11.5 Å². The summed E-state index contributed by atoms with van der Waals surface area (Å²) in [6, 6.07) is 4.76. The second-order valence-corrected chi connectivity index (χ2v) is 7.45. The summed E-state index contributed by atoms with van der Waals surface area (Å²) in [6.45, 7) is 7.80. The van der Waals surface area contributed by atoms with Crippen LogP contribution in [-0.4, -0.2) is 48.0 Å². The van der Waals surface area contributed by atoms with Gasteiger partial charge in [0.1, 0.15) is 6.61 Å². The molecule has 2 heterocycles. The number of fused-ring (bicyclic) bond motifs is 1. The number of hydrogen-bond donors (Lipinski definition) is 0. The number of hydrogen-bond acceptors (Lipinski definition) is 7. The second kappa shape index (κ2) is 9.17. The number of esters is 1. The Hall–Kier alpha value is -2.74. The van der Waals surface area contributed by atoms with Crippen molar-refractivity contribution in [2.45, 2.75) is 26.3 Å². The summed E-state index contributed by atoms with van der Waals surface area (Å²) in [4.78, 5) is 31.8. The first-order valence-electron chi connectivity index (χ1n) is 9.34. The van der Waals surface area contributed by atoms with E-state index in [0.29, 0.717) is 46.7 Å². The number of carbonyl (C=O) groups excluding carboxylic acids is 2. The molecule has 2 aliphatic heterocycles. The Morgan fingerprint density at radius 3 is 2.90 bits per heavy atom. The van der Waals surface area contributed by atoms with Gasteiger partial charge in [0.2, 0.25) is 5.91 Å². The van der Waals surface area contributed by atoms with E-state index < -0.39 is 12.0 Å². The van der Waals surface area contributed by atoms with Crippen LogP contribution in [0.25, 0.3) is 0 Å². The number of ether oxygens (including phenoxy) is 3. The molecule has 0 aliphatic carbocycles. The molecule has 0 bridgehead atoms. The maximum atomic E-state index is 12.9. The lowest BCUT2D eigenvalue weighted by molar-refractivity contribution is -0.139. The number of methoxy groups -OCH3 is 1. The summed E-state index contributed by atoms with van der Waals surface area (Å²) >= 11 is 1.50. The van der Waals surface area contributed by atoms with Crippen LogP contribution in [0.1, 0.15) is 31.9 Å². The lowest BCUT2D eigenvalue weighted by Gasteiger charge is -2.39. The zero-order chi connectivity index (χ0) is 21.0. The molecule has 1 unspecified atom stereocenters. The molecular formula is C21H24N2O5S. The molecular weight excluding hydrogens is 392 g/mol. The first-order valence-corrected chi connectivity index (χ1v) is 10.3. The van der Waals surface area contributed by atoms with Crippen molar-refractivity contribution in [2.24, 2.45) is 4.99 Å². The van der Waals surface area contributed by atoms with Crippen LogP contribution in [0.4, 0.5) is 0 Å². The molecule has 1 amide bonds. The average Bonchev–Trinajstić information content (AvgIpc) is 2.71. The lowest BCUT2D eigenvalue weighted by atomic mass is 9.94. The molecule has 0 N–H and O–H groups in total. The summed E-state index contributed by atoms with van der Waals surface area (Å²) in [5.41, 5.74) is 1.58. The van der Waals surface area contributed by atoms with Crippen molar-refractivity contribution in [1.29, 1.82) is 0 Å². The van der Waals surface area contributed by atoms with Gasteiger partial charge in [-0.15, -0.1) is 0 Å². The van der Waals surface area contributed by atoms with Gasteiger partial charge in [-0.05, 0) is 31.5 Å². The number of carbonyl (C=O) groups is 2. The minimum atomic E-state index is -0.648. The fourth-order valence-corrected chi connectivity index (χ4v) is 4.32. The predicted octanol–water partition coefficient (Wildman–Crippen LogP) is 3.47. The van der Waals surface area contributed by atoms with Crippen LogP contribution in [0, 0.1) is 0 Å². The fourth-order valence-electron chi connectivity index (χ4n) is 3.31. The van der Waals surface area contributed by atoms with Gasteiger partial charge in [0, 0.05) is 12.2 Å². The van der Waals surface area contributed by atoms with E-state index in [1.165, 1.54) is 17.8 Å². The van der Waals surface area contributed by atoms with Crippen LogP contribution >= 0.6 is 11.8 Å². The second-order valence-electron chi connectivity index (χ2n) is 6.39. The number of rotatable bonds is 7. The van der Waals surface area contributed by atoms with Gasteiger partial charge in [0.15, 0.2) is 16.7 Å². The monoisotopic (exact) mass is 416 g/mol. The van der Waals surface area contributed by atoms with Crippen LogP contribution in [0.15, 0.2) is 47.1 Å². The van der Waals surface area contributed by atoms with Gasteiger partial charge in [0.25, 0.3) is 0 Å². The first-order chi connectivity index (χ1) is 14.0. The van der Waals surface area contributed by atoms with E-state index in [1.54, 1.807) is 31.1 Å². The molecule has 3 rings (SSSR count). The normalized spacial score (nSPS) is 18.7. The van der Waals surface area contributed by atoms with E-state index in [2.05, 4.69) is 11.6 Å². The lowest BCUT2D eigenvalue weighted by Crippen LogP contribution is -2.45. The molecule has 1 aromatic carbocycles. The number of amidine groups is 1. The van der Waals surface area contributed by atoms with E-state index >= 15 is 0 Å². The van der Waals surface area contributed by atoms with Crippen molar-refractivity contribution < 1.29 is 23.8 Å². The maximum Gasteiger partial charge on any atom is 0.338 e. The summed E-state index contributed by atoms with van der Waals surface area (Å²) in [7, 11) is 1.55. The van der Waals surface area contributed by atoms with Gasteiger partial charge >= 0.3 is 5.97 Å². The first kappa shape index (κ1) is 21.0. The van der Waals surface area contributed by atoms with Crippen molar-refractivity contribution in [1.82, 2.24) is 4.90 Å². The van der Waals surface area contributed by atoms with E-state index in [9.17, 15) is 9.59 Å². The number of thioether (sulfide) groups is 1. The minimum absolute atomic E-state index is 0.0776. The van der Waals surface area contributed by atoms with Gasteiger partial charge in [0.05, 0.1) is 31.0 Å². The van der Waals surface area contributed by atoms with Crippen molar-refractivity contribution in [3.05, 3.63) is 47.7 Å². The summed E-state index contributed by atoms with van der Waals surface area (Å²) in [6.07, 6.45) is 1.88. The average molecular weight is 416 g/mol. The van der Waals surface area contributed by atoms with E-state index in [0.717, 1.165) is 5.56 Å². The molecule has 0 aromatic heterocycles. The number of aliphatic imine (C=N–C) groups is 1. The highest BCUT2D eigenvalue weighted by Crippen LogP contribution is 2.42. The van der Waals surface area contributed by atoms with Crippen molar-refractivity contribution in [3.8, 4) is 11.5 Å². The Bertz CT molecular complexity index is 893. The highest BCUT2D eigenvalue weighted by molar-refractivity contribution is 8.14. The third-order valence-corrected chi connectivity index (χ3v) is 5.52. The smallest absolute Gasteiger partial charge is 0.338 e. The number of allylic oxidation sites excluding steroid dienone is 1. The SMILES string of the molecule is C=CCOC(=O)C1=C(C)N=C2SCCC(=O)N2C1c1ccc(OCC)c(OC)c1. The molecule has 8 heteroatoms. The molecule has 7 nitrogen and oxygen atoms in total. The van der Waals surface area contributed by atoms with E-state index in [1.807, 2.05) is 13.0 Å². The summed E-state index contributed by atoms with van der Waals surface area (Å²) in [5, 5.41) is 0.594. The van der Waals surface area contributed by atoms with Gasteiger partial charge < -0.3 is 14.2 Å². The van der Waals surface area contributed by atoms with Crippen LogP contribution in [0.3, 0.4) is 0 Å². The zero-order valence-corrected chi connectivity index (χ0v) is 17.6. The highest BCUT2D eigenvalue weighted by atomic mass is 32.2. The molecule has 1 aromatic rings. The van der Waals surface area contributed by atoms with Gasteiger partial charge in [-0.2, -0.15) is 0 Å². The van der Waals surface area contributed by atoms with Crippen molar-refractivity contribution in [2.75, 3.05) is 26.1 Å². The summed E-state index contributed by atoms with van der Waals surface area (Å²) < 4.78 is 16.4. The Balaban J connectivity index is 2.12. The van der Waals surface area contributed by atoms with Gasteiger partial charge in [-0.25, -0.2) is 9.79 Å². The Labute approximate surface area is 174 Å². The topological polar surface area (TPSA) is 77.4 Å². The third-order valence-electron chi connectivity index (χ3n) is 4.56. The maximum absolute atomic E-state index is 12.9. The Morgan fingerprint density at radius 1 is 1.41 bits per heavy atom. The molecule has 29 heavy (non-hydrogen) atoms. The standard InChI is InChI=1S/C21H24N2O5S/c1-5-10-28-20(25)18-13(3)22-21-23(17(24)9-11-29-21)19(18)14-7-8-15(27-6-2)16(12-14)26-4/h5,7-8,12,19H,1,6,9-11H2,2-4H3. The molecule has 1 fully saturated rings. The van der Waals surface area contributed by atoms with E-state index in [-0.39, 0.29) is 12.5 Å². The fraction of sp³-hybridized carbons (Fsp3) is 0.381. The van der Waals surface area contributed by atoms with Crippen LogP contribution in [0.2, 0.25) is 0 Å². The molecule has 0 spiro atoms. The van der Waals surface area contributed by atoms with Crippen LogP contribution < -0.4 is 9.47 Å². The Kier molecular flexibility index (Phi) is 6.64. The molecule has 2 aliphatic rings. The number of benzene rings is 1. The third kappa shape index (κ3) is 4.17. The molecule has 0 saturated carbocycles. The molecule has 1 saturated heterocycles. The zero-order valence-electron chi connectivity index (χ0n) is 16.8. The number of nitrogens with zero attached hydrogens (tertiary/aromatic N) is 2. The summed E-state index contributed by atoms with van der Waals surface area (Å²) in [5.74, 6) is 1.19. The van der Waals surface area contributed by atoms with Crippen LogP contribution in [-0.2, 0) is 14.3 Å². The molecule has 154 valence electrons. The minimum Gasteiger partial charge on any atom is -0.493 e. The quantitative estimate of drug-likeness (QED) is 0.500. The van der Waals surface area contributed by atoms with Crippen molar-refractivity contribution in [3.63, 3.8) is 0 Å². The molecule has 0 radical (unpaired) electrons. The van der Waals surface area contributed by atoms with Crippen molar-refractivity contribution >= 4 is 28.8 Å². The highest BCUT2D eigenvalue weighted by Gasteiger charge is 2.41.